The first-order valence-corrected chi connectivity index (χ1v) is 9.16. The number of fused-ring (bicyclic) bond motifs is 4. The predicted octanol–water partition coefficient (Wildman–Crippen LogP) is 2.76. The van der Waals surface area contributed by atoms with Crippen LogP contribution in [-0.2, 0) is 19.1 Å². The summed E-state index contributed by atoms with van der Waals surface area (Å²) < 4.78 is 10.2. The summed E-state index contributed by atoms with van der Waals surface area (Å²) in [6.45, 7) is 4.78. The van der Waals surface area contributed by atoms with Gasteiger partial charge in [0.05, 0.1) is 26.1 Å². The van der Waals surface area contributed by atoms with E-state index in [0.717, 1.165) is 36.5 Å². The molecule has 0 amide bonds. The minimum absolute atomic E-state index is 0.197. The van der Waals surface area contributed by atoms with Crippen molar-refractivity contribution < 1.29 is 19.1 Å². The SMILES string of the molecule is COC(=O)C1C2CCC(C3C2[C@@H]2C[C@H]3C(C)[C@H]2C)[C@@H]1C(=O)OC. The Labute approximate surface area is 138 Å². The van der Waals surface area contributed by atoms with E-state index in [4.69, 9.17) is 9.47 Å². The third-order valence-corrected chi connectivity index (χ3v) is 8.24. The third-order valence-electron chi connectivity index (χ3n) is 8.24. The van der Waals surface area contributed by atoms with Gasteiger partial charge in [0.25, 0.3) is 0 Å². The van der Waals surface area contributed by atoms with E-state index >= 15 is 0 Å². The summed E-state index contributed by atoms with van der Waals surface area (Å²) in [6.07, 6.45) is 3.44. The van der Waals surface area contributed by atoms with Gasteiger partial charge in [-0.3, -0.25) is 9.59 Å². The van der Waals surface area contributed by atoms with Crippen LogP contribution in [0.5, 0.6) is 0 Å². The number of carbonyl (C=O) groups is 2. The second kappa shape index (κ2) is 5.22. The fourth-order valence-corrected chi connectivity index (χ4v) is 7.37. The molecule has 128 valence electrons. The van der Waals surface area contributed by atoms with E-state index in [1.54, 1.807) is 0 Å². The zero-order chi connectivity index (χ0) is 16.5. The maximum Gasteiger partial charge on any atom is 0.309 e. The Morgan fingerprint density at radius 1 is 0.739 bits per heavy atom. The van der Waals surface area contributed by atoms with Gasteiger partial charge in [-0.15, -0.1) is 0 Å². The Balaban J connectivity index is 1.74. The molecular weight excluding hydrogens is 292 g/mol. The molecule has 5 aliphatic rings. The van der Waals surface area contributed by atoms with Crippen LogP contribution in [0.25, 0.3) is 0 Å². The first kappa shape index (κ1) is 15.5. The van der Waals surface area contributed by atoms with E-state index in [-0.39, 0.29) is 23.8 Å². The molecule has 0 aromatic heterocycles. The van der Waals surface area contributed by atoms with Crippen molar-refractivity contribution in [2.24, 2.45) is 59.2 Å². The lowest BCUT2D eigenvalue weighted by molar-refractivity contribution is -0.185. The fraction of sp³-hybridized carbons (Fsp3) is 0.895. The van der Waals surface area contributed by atoms with Gasteiger partial charge in [0, 0.05) is 0 Å². The van der Waals surface area contributed by atoms with Gasteiger partial charge in [0.2, 0.25) is 0 Å². The average molecular weight is 320 g/mol. The number of methoxy groups -OCH3 is 2. The molecule has 23 heavy (non-hydrogen) atoms. The molecule has 5 rings (SSSR count). The normalized spacial score (nSPS) is 53.0. The lowest BCUT2D eigenvalue weighted by Gasteiger charge is -2.58. The van der Waals surface area contributed by atoms with Crippen molar-refractivity contribution in [3.8, 4) is 0 Å². The van der Waals surface area contributed by atoms with Crippen molar-refractivity contribution in [3.05, 3.63) is 0 Å². The molecular formula is C19H28O4. The largest absolute Gasteiger partial charge is 0.469 e. The van der Waals surface area contributed by atoms with Gasteiger partial charge >= 0.3 is 11.9 Å². The van der Waals surface area contributed by atoms with Crippen molar-refractivity contribution in [1.29, 1.82) is 0 Å². The van der Waals surface area contributed by atoms with Crippen molar-refractivity contribution in [3.63, 3.8) is 0 Å². The molecule has 0 N–H and O–H groups in total. The van der Waals surface area contributed by atoms with Gasteiger partial charge in [-0.25, -0.2) is 0 Å². The van der Waals surface area contributed by atoms with Gasteiger partial charge in [-0.05, 0) is 66.6 Å². The van der Waals surface area contributed by atoms with Gasteiger partial charge in [0.15, 0.2) is 0 Å². The lowest BCUT2D eigenvalue weighted by atomic mass is 9.45. The van der Waals surface area contributed by atoms with E-state index in [1.165, 1.54) is 20.6 Å². The summed E-state index contributed by atoms with van der Waals surface area (Å²) in [6, 6.07) is 0. The highest BCUT2D eigenvalue weighted by Gasteiger charge is 2.68. The van der Waals surface area contributed by atoms with Crippen LogP contribution in [-0.4, -0.2) is 26.2 Å². The number of rotatable bonds is 2. The zero-order valence-electron chi connectivity index (χ0n) is 14.5. The standard InChI is InChI=1S/C19H28O4/c1-8-9(2)13-7-12(8)14-10-5-6-11(15(13)14)17(19(21)23-4)16(10)18(20)22-3/h8-17H,5-7H2,1-4H3/t8-,9?,10?,11?,12-,13+,14?,15?,16?,17+/m1/s1. The Morgan fingerprint density at radius 3 is 1.48 bits per heavy atom. The number of esters is 2. The van der Waals surface area contributed by atoms with Crippen LogP contribution in [0.3, 0.4) is 0 Å². The van der Waals surface area contributed by atoms with Crippen LogP contribution in [0, 0.1) is 59.2 Å². The summed E-state index contributed by atoms with van der Waals surface area (Å²) in [5, 5.41) is 0. The molecule has 4 heteroatoms. The van der Waals surface area contributed by atoms with Crippen LogP contribution in [0.2, 0.25) is 0 Å². The van der Waals surface area contributed by atoms with E-state index in [1.807, 2.05) is 0 Å². The second-order valence-electron chi connectivity index (χ2n) is 8.44. The Kier molecular flexibility index (Phi) is 3.51. The Morgan fingerprint density at radius 2 is 1.13 bits per heavy atom. The topological polar surface area (TPSA) is 52.6 Å². The Hall–Kier alpha value is -1.06. The van der Waals surface area contributed by atoms with Crippen molar-refractivity contribution in [2.75, 3.05) is 14.2 Å². The van der Waals surface area contributed by atoms with Crippen molar-refractivity contribution >= 4 is 11.9 Å². The van der Waals surface area contributed by atoms with Gasteiger partial charge < -0.3 is 9.47 Å². The minimum Gasteiger partial charge on any atom is -0.469 e. The summed E-state index contributed by atoms with van der Waals surface area (Å²) >= 11 is 0. The molecule has 0 heterocycles. The number of hydrogen-bond donors (Lipinski definition) is 0. The maximum absolute atomic E-state index is 12.5. The Bertz CT molecular complexity index is 483. The molecule has 10 atom stereocenters. The molecule has 4 bridgehead atoms. The summed E-state index contributed by atoms with van der Waals surface area (Å²) in [7, 11) is 2.89. The lowest BCUT2D eigenvalue weighted by Crippen LogP contribution is -2.59. The third kappa shape index (κ3) is 1.84. The minimum atomic E-state index is -0.283. The monoisotopic (exact) mass is 320 g/mol. The smallest absolute Gasteiger partial charge is 0.309 e. The molecule has 0 aromatic rings. The van der Waals surface area contributed by atoms with Crippen LogP contribution < -0.4 is 0 Å². The van der Waals surface area contributed by atoms with E-state index in [2.05, 4.69) is 13.8 Å². The number of hydrogen-bond acceptors (Lipinski definition) is 4. The summed E-state index contributed by atoms with van der Waals surface area (Å²) in [5.41, 5.74) is 0. The molecule has 0 radical (unpaired) electrons. The predicted molar refractivity (Wildman–Crippen MR) is 84.1 cm³/mol. The van der Waals surface area contributed by atoms with Crippen molar-refractivity contribution in [2.45, 2.75) is 33.1 Å². The van der Waals surface area contributed by atoms with E-state index < -0.39 is 0 Å². The molecule has 0 aliphatic heterocycles. The quantitative estimate of drug-likeness (QED) is 0.734. The molecule has 5 fully saturated rings. The summed E-state index contributed by atoms with van der Waals surface area (Å²) in [4.78, 5) is 25.0. The van der Waals surface area contributed by atoms with Crippen LogP contribution in [0.15, 0.2) is 0 Å². The molecule has 5 saturated carbocycles. The second-order valence-corrected chi connectivity index (χ2v) is 8.44. The van der Waals surface area contributed by atoms with Gasteiger partial charge in [-0.1, -0.05) is 13.8 Å². The highest BCUT2D eigenvalue weighted by molar-refractivity contribution is 5.83. The van der Waals surface area contributed by atoms with E-state index in [0.29, 0.717) is 23.7 Å². The molecule has 0 saturated heterocycles. The van der Waals surface area contributed by atoms with Gasteiger partial charge in [-0.2, -0.15) is 0 Å². The average Bonchev–Trinajstić information content (AvgIpc) is 3.12. The first-order valence-electron chi connectivity index (χ1n) is 9.16. The van der Waals surface area contributed by atoms with Gasteiger partial charge in [0.1, 0.15) is 0 Å². The highest BCUT2D eigenvalue weighted by Crippen LogP contribution is 2.70. The molecule has 0 aromatic carbocycles. The highest BCUT2D eigenvalue weighted by atomic mass is 16.5. The van der Waals surface area contributed by atoms with E-state index in [9.17, 15) is 9.59 Å². The summed E-state index contributed by atoms with van der Waals surface area (Å²) in [5.74, 6) is 3.86. The first-order chi connectivity index (χ1) is 11.0. The molecule has 4 nitrogen and oxygen atoms in total. The maximum atomic E-state index is 12.5. The van der Waals surface area contributed by atoms with Crippen molar-refractivity contribution in [1.82, 2.24) is 0 Å². The number of ether oxygens (including phenoxy) is 2. The van der Waals surface area contributed by atoms with Crippen LogP contribution >= 0.6 is 0 Å². The van der Waals surface area contributed by atoms with Crippen LogP contribution in [0.4, 0.5) is 0 Å². The molecule has 6 unspecified atom stereocenters. The molecule has 5 aliphatic carbocycles. The molecule has 0 spiro atoms. The van der Waals surface area contributed by atoms with Crippen LogP contribution in [0.1, 0.15) is 33.1 Å². The zero-order valence-corrected chi connectivity index (χ0v) is 14.5. The fourth-order valence-electron chi connectivity index (χ4n) is 7.37. The number of carbonyl (C=O) groups excluding carboxylic acids is 2.